The zero-order valence-corrected chi connectivity index (χ0v) is 12.1. The number of benzene rings is 1. The summed E-state index contributed by atoms with van der Waals surface area (Å²) in [7, 11) is 4.10. The molecule has 0 saturated heterocycles. The molecule has 0 heterocycles. The summed E-state index contributed by atoms with van der Waals surface area (Å²) < 4.78 is 5.93. The maximum Gasteiger partial charge on any atom is 0.125 e. The van der Waals surface area contributed by atoms with Gasteiger partial charge in [-0.3, -0.25) is 0 Å². The average molecular weight is 250 g/mol. The fraction of sp³-hybridized carbons (Fsp3) is 0.600. The van der Waals surface area contributed by atoms with Gasteiger partial charge in [0.15, 0.2) is 0 Å². The molecule has 0 saturated carbocycles. The van der Waals surface area contributed by atoms with Gasteiger partial charge in [-0.1, -0.05) is 25.1 Å². The minimum Gasteiger partial charge on any atom is -0.492 e. The van der Waals surface area contributed by atoms with Gasteiger partial charge < -0.3 is 15.4 Å². The van der Waals surface area contributed by atoms with Crippen LogP contribution in [0, 0.1) is 6.92 Å². The molecule has 102 valence electrons. The second-order valence-electron chi connectivity index (χ2n) is 5.09. The summed E-state index contributed by atoms with van der Waals surface area (Å²) >= 11 is 0. The first-order valence-corrected chi connectivity index (χ1v) is 6.66. The molecule has 0 radical (unpaired) electrons. The van der Waals surface area contributed by atoms with Crippen molar-refractivity contribution >= 4 is 0 Å². The van der Waals surface area contributed by atoms with Crippen molar-refractivity contribution in [3.8, 4) is 5.75 Å². The molecule has 0 aliphatic carbocycles. The smallest absolute Gasteiger partial charge is 0.125 e. The molecule has 0 bridgehead atoms. The van der Waals surface area contributed by atoms with Crippen LogP contribution >= 0.6 is 0 Å². The third-order valence-electron chi connectivity index (χ3n) is 3.08. The first-order valence-electron chi connectivity index (χ1n) is 6.66. The van der Waals surface area contributed by atoms with E-state index in [0.717, 1.165) is 25.1 Å². The van der Waals surface area contributed by atoms with E-state index in [4.69, 9.17) is 10.5 Å². The van der Waals surface area contributed by atoms with E-state index in [1.807, 2.05) is 0 Å². The SMILES string of the molecule is CCC(N)Cc1cccc(C)c1OCCN(C)C. The number of aryl methyl sites for hydroxylation is 1. The molecular weight excluding hydrogens is 224 g/mol. The Morgan fingerprint density at radius 2 is 2.06 bits per heavy atom. The van der Waals surface area contributed by atoms with Gasteiger partial charge in [0.1, 0.15) is 12.4 Å². The lowest BCUT2D eigenvalue weighted by Crippen LogP contribution is -2.23. The van der Waals surface area contributed by atoms with Crippen molar-refractivity contribution in [2.45, 2.75) is 32.7 Å². The molecule has 1 aromatic carbocycles. The molecule has 2 N–H and O–H groups in total. The van der Waals surface area contributed by atoms with Gasteiger partial charge in [0.05, 0.1) is 0 Å². The molecule has 3 heteroatoms. The van der Waals surface area contributed by atoms with E-state index in [-0.39, 0.29) is 6.04 Å². The first-order chi connectivity index (χ1) is 8.54. The lowest BCUT2D eigenvalue weighted by Gasteiger charge is -2.17. The van der Waals surface area contributed by atoms with Crippen LogP contribution in [0.3, 0.4) is 0 Å². The Hall–Kier alpha value is -1.06. The van der Waals surface area contributed by atoms with Crippen molar-refractivity contribution < 1.29 is 4.74 Å². The van der Waals surface area contributed by atoms with Crippen molar-refractivity contribution in [2.24, 2.45) is 5.73 Å². The highest BCUT2D eigenvalue weighted by molar-refractivity contribution is 5.41. The largest absolute Gasteiger partial charge is 0.492 e. The zero-order valence-electron chi connectivity index (χ0n) is 12.1. The normalized spacial score (nSPS) is 12.8. The second kappa shape index (κ2) is 7.39. The Morgan fingerprint density at radius 3 is 2.67 bits per heavy atom. The molecule has 18 heavy (non-hydrogen) atoms. The van der Waals surface area contributed by atoms with E-state index in [0.29, 0.717) is 6.61 Å². The molecule has 0 aliphatic rings. The maximum absolute atomic E-state index is 6.04. The summed E-state index contributed by atoms with van der Waals surface area (Å²) in [4.78, 5) is 2.12. The van der Waals surface area contributed by atoms with E-state index < -0.39 is 0 Å². The van der Waals surface area contributed by atoms with Crippen molar-refractivity contribution in [3.05, 3.63) is 29.3 Å². The molecule has 0 aliphatic heterocycles. The Labute approximate surface area is 111 Å². The number of rotatable bonds is 7. The number of nitrogens with two attached hydrogens (primary N) is 1. The van der Waals surface area contributed by atoms with Gasteiger partial charge in [0.25, 0.3) is 0 Å². The van der Waals surface area contributed by atoms with Crippen molar-refractivity contribution in [2.75, 3.05) is 27.2 Å². The van der Waals surface area contributed by atoms with Crippen LogP contribution < -0.4 is 10.5 Å². The second-order valence-corrected chi connectivity index (χ2v) is 5.09. The lowest BCUT2D eigenvalue weighted by atomic mass is 10.0. The van der Waals surface area contributed by atoms with E-state index in [9.17, 15) is 0 Å². The van der Waals surface area contributed by atoms with E-state index >= 15 is 0 Å². The van der Waals surface area contributed by atoms with Crippen molar-refractivity contribution in [1.29, 1.82) is 0 Å². The summed E-state index contributed by atoms with van der Waals surface area (Å²) in [5, 5.41) is 0. The molecule has 3 nitrogen and oxygen atoms in total. The van der Waals surface area contributed by atoms with E-state index in [2.05, 4.69) is 51.0 Å². The number of hydrogen-bond donors (Lipinski definition) is 1. The van der Waals surface area contributed by atoms with Crippen LogP contribution in [0.2, 0.25) is 0 Å². The fourth-order valence-corrected chi connectivity index (χ4v) is 1.84. The van der Waals surface area contributed by atoms with Crippen LogP contribution in [0.25, 0.3) is 0 Å². The zero-order chi connectivity index (χ0) is 13.5. The summed E-state index contributed by atoms with van der Waals surface area (Å²) in [6.07, 6.45) is 1.88. The van der Waals surface area contributed by atoms with Gasteiger partial charge in [-0.25, -0.2) is 0 Å². The van der Waals surface area contributed by atoms with Crippen molar-refractivity contribution in [3.63, 3.8) is 0 Å². The quantitative estimate of drug-likeness (QED) is 0.806. The number of nitrogens with zero attached hydrogens (tertiary/aromatic N) is 1. The predicted molar refractivity (Wildman–Crippen MR) is 77.2 cm³/mol. The monoisotopic (exact) mass is 250 g/mol. The molecule has 0 aromatic heterocycles. The summed E-state index contributed by atoms with van der Waals surface area (Å²) in [5.74, 6) is 1.02. The van der Waals surface area contributed by atoms with Gasteiger partial charge in [-0.2, -0.15) is 0 Å². The van der Waals surface area contributed by atoms with E-state index in [1.54, 1.807) is 0 Å². The standard InChI is InChI=1S/C15H26N2O/c1-5-14(16)11-13-8-6-7-12(2)15(13)18-10-9-17(3)4/h6-8,14H,5,9-11,16H2,1-4H3. The molecule has 1 aromatic rings. The van der Waals surface area contributed by atoms with Gasteiger partial charge in [0.2, 0.25) is 0 Å². The highest BCUT2D eigenvalue weighted by Crippen LogP contribution is 2.24. The predicted octanol–water partition coefficient (Wildman–Crippen LogP) is 2.22. The van der Waals surface area contributed by atoms with Crippen LogP contribution in [0.1, 0.15) is 24.5 Å². The Morgan fingerprint density at radius 1 is 1.33 bits per heavy atom. The van der Waals surface area contributed by atoms with Gasteiger partial charge in [-0.05, 0) is 45.0 Å². The Balaban J connectivity index is 2.74. The molecular formula is C15H26N2O. The van der Waals surface area contributed by atoms with Crippen LogP contribution in [0.4, 0.5) is 0 Å². The molecule has 0 spiro atoms. The molecule has 1 unspecified atom stereocenters. The topological polar surface area (TPSA) is 38.5 Å². The maximum atomic E-state index is 6.04. The Kier molecular flexibility index (Phi) is 6.16. The molecule has 1 rings (SSSR count). The third kappa shape index (κ3) is 4.67. The van der Waals surface area contributed by atoms with Gasteiger partial charge >= 0.3 is 0 Å². The van der Waals surface area contributed by atoms with Crippen molar-refractivity contribution in [1.82, 2.24) is 4.90 Å². The van der Waals surface area contributed by atoms with E-state index in [1.165, 1.54) is 11.1 Å². The number of hydrogen-bond acceptors (Lipinski definition) is 3. The van der Waals surface area contributed by atoms with Gasteiger partial charge in [0, 0.05) is 12.6 Å². The highest BCUT2D eigenvalue weighted by Gasteiger charge is 2.10. The van der Waals surface area contributed by atoms with Crippen LogP contribution in [0.5, 0.6) is 5.75 Å². The third-order valence-corrected chi connectivity index (χ3v) is 3.08. The number of likely N-dealkylation sites (N-methyl/N-ethyl adjacent to an activating group) is 1. The Bertz CT molecular complexity index is 364. The average Bonchev–Trinajstić information content (AvgIpc) is 2.32. The van der Waals surface area contributed by atoms with Crippen LogP contribution in [-0.4, -0.2) is 38.2 Å². The minimum absolute atomic E-state index is 0.211. The highest BCUT2D eigenvalue weighted by atomic mass is 16.5. The van der Waals surface area contributed by atoms with Crippen LogP contribution in [0.15, 0.2) is 18.2 Å². The molecule has 0 amide bonds. The molecule has 0 fully saturated rings. The van der Waals surface area contributed by atoms with Gasteiger partial charge in [-0.15, -0.1) is 0 Å². The lowest BCUT2D eigenvalue weighted by molar-refractivity contribution is 0.258. The minimum atomic E-state index is 0.211. The fourth-order valence-electron chi connectivity index (χ4n) is 1.84. The molecule has 1 atom stereocenters. The number of para-hydroxylation sites is 1. The summed E-state index contributed by atoms with van der Waals surface area (Å²) in [6.45, 7) is 5.85. The number of ether oxygens (including phenoxy) is 1. The van der Waals surface area contributed by atoms with Crippen LogP contribution in [-0.2, 0) is 6.42 Å². The first kappa shape index (κ1) is 15.0. The summed E-state index contributed by atoms with van der Waals surface area (Å²) in [5.41, 5.74) is 8.45. The summed E-state index contributed by atoms with van der Waals surface area (Å²) in [6, 6.07) is 6.49.